The number of halogens is 1. The first-order chi connectivity index (χ1) is 12.2. The van der Waals surface area contributed by atoms with Crippen molar-refractivity contribution < 1.29 is 9.53 Å². The molecule has 2 saturated heterocycles. The third-order valence-corrected chi connectivity index (χ3v) is 5.22. The normalized spacial score (nSPS) is 23.1. The number of amides is 1. The smallest absolute Gasteiger partial charge is 0.246 e. The Hall–Kier alpha value is -2.04. The molecule has 2 aromatic rings. The first-order valence-electron chi connectivity index (χ1n) is 8.76. The van der Waals surface area contributed by atoms with Crippen molar-refractivity contribution in [1.29, 1.82) is 0 Å². The van der Waals surface area contributed by atoms with Crippen LogP contribution in [0.5, 0.6) is 5.75 Å². The second kappa shape index (κ2) is 6.70. The number of nitrogens with zero attached hydrogens (tertiary/aromatic N) is 2. The first-order valence-corrected chi connectivity index (χ1v) is 9.14. The Kier molecular flexibility index (Phi) is 4.40. The van der Waals surface area contributed by atoms with Crippen LogP contribution in [0.4, 0.5) is 5.69 Å². The molecule has 4 rings (SSSR count). The third kappa shape index (κ3) is 2.90. The van der Waals surface area contributed by atoms with Crippen molar-refractivity contribution in [2.24, 2.45) is 0 Å². The van der Waals surface area contributed by atoms with Crippen molar-refractivity contribution >= 4 is 23.2 Å². The molecule has 0 radical (unpaired) electrons. The summed E-state index contributed by atoms with van der Waals surface area (Å²) in [7, 11) is 0. The second-order valence-electron chi connectivity index (χ2n) is 6.46. The van der Waals surface area contributed by atoms with E-state index in [-0.39, 0.29) is 18.1 Å². The quantitative estimate of drug-likeness (QED) is 0.821. The molecule has 25 heavy (non-hydrogen) atoms. The fourth-order valence-electron chi connectivity index (χ4n) is 3.89. The predicted molar refractivity (Wildman–Crippen MR) is 99.0 cm³/mol. The molecular weight excluding hydrogens is 336 g/mol. The number of anilines is 1. The zero-order valence-corrected chi connectivity index (χ0v) is 14.9. The minimum atomic E-state index is -0.0724. The molecule has 2 unspecified atom stereocenters. The van der Waals surface area contributed by atoms with Gasteiger partial charge in [-0.3, -0.25) is 14.6 Å². The molecule has 2 aliphatic rings. The van der Waals surface area contributed by atoms with E-state index in [1.54, 1.807) is 0 Å². The number of rotatable bonds is 4. The van der Waals surface area contributed by atoms with Gasteiger partial charge in [0, 0.05) is 17.3 Å². The van der Waals surface area contributed by atoms with Crippen LogP contribution in [0.2, 0.25) is 5.02 Å². The average molecular weight is 357 g/mol. The SMILES string of the molecule is CCOc1ccc(C2N(c3ccc(Cl)cc3)C(=O)C3CCCN32)cc1. The molecular formula is C20H21ClN2O2. The van der Waals surface area contributed by atoms with E-state index in [0.29, 0.717) is 11.6 Å². The molecule has 2 fully saturated rings. The highest BCUT2D eigenvalue weighted by atomic mass is 35.5. The molecule has 5 heteroatoms. The zero-order chi connectivity index (χ0) is 17.4. The molecule has 2 aliphatic heterocycles. The lowest BCUT2D eigenvalue weighted by molar-refractivity contribution is -0.119. The molecule has 0 spiro atoms. The first kappa shape index (κ1) is 16.4. The Balaban J connectivity index is 1.72. The lowest BCUT2D eigenvalue weighted by Gasteiger charge is -2.30. The van der Waals surface area contributed by atoms with Crippen molar-refractivity contribution in [3.8, 4) is 5.75 Å². The Morgan fingerprint density at radius 1 is 1.12 bits per heavy atom. The summed E-state index contributed by atoms with van der Waals surface area (Å²) in [6.45, 7) is 3.56. The van der Waals surface area contributed by atoms with Crippen molar-refractivity contribution in [3.63, 3.8) is 0 Å². The number of fused-ring (bicyclic) bond motifs is 1. The number of carbonyl (C=O) groups excluding carboxylic acids is 1. The Labute approximate surface area is 152 Å². The zero-order valence-electron chi connectivity index (χ0n) is 14.2. The van der Waals surface area contributed by atoms with Gasteiger partial charge in [-0.25, -0.2) is 0 Å². The van der Waals surface area contributed by atoms with Crippen LogP contribution in [0.25, 0.3) is 0 Å². The van der Waals surface area contributed by atoms with Crippen LogP contribution >= 0.6 is 11.6 Å². The van der Waals surface area contributed by atoms with Crippen LogP contribution in [0.15, 0.2) is 48.5 Å². The molecule has 2 aromatic carbocycles. The van der Waals surface area contributed by atoms with Crippen molar-refractivity contribution in [1.82, 2.24) is 4.90 Å². The van der Waals surface area contributed by atoms with Crippen LogP contribution in [-0.4, -0.2) is 30.0 Å². The topological polar surface area (TPSA) is 32.8 Å². The summed E-state index contributed by atoms with van der Waals surface area (Å²) in [4.78, 5) is 17.3. The Morgan fingerprint density at radius 3 is 2.52 bits per heavy atom. The molecule has 0 saturated carbocycles. The fourth-order valence-corrected chi connectivity index (χ4v) is 4.02. The highest BCUT2D eigenvalue weighted by molar-refractivity contribution is 6.30. The molecule has 130 valence electrons. The van der Waals surface area contributed by atoms with Crippen molar-refractivity contribution in [3.05, 3.63) is 59.1 Å². The molecule has 0 aromatic heterocycles. The Morgan fingerprint density at radius 2 is 1.84 bits per heavy atom. The predicted octanol–water partition coefficient (Wildman–Crippen LogP) is 4.25. The van der Waals surface area contributed by atoms with E-state index in [1.165, 1.54) is 0 Å². The summed E-state index contributed by atoms with van der Waals surface area (Å²) < 4.78 is 5.55. The summed E-state index contributed by atoms with van der Waals surface area (Å²) in [5.74, 6) is 1.03. The van der Waals surface area contributed by atoms with Gasteiger partial charge in [0.2, 0.25) is 5.91 Å². The summed E-state index contributed by atoms with van der Waals surface area (Å²) in [5, 5.41) is 0.675. The van der Waals surface area contributed by atoms with Gasteiger partial charge in [-0.05, 0) is 61.7 Å². The lowest BCUT2D eigenvalue weighted by atomic mass is 10.1. The second-order valence-corrected chi connectivity index (χ2v) is 6.89. The van der Waals surface area contributed by atoms with E-state index in [2.05, 4.69) is 17.0 Å². The van der Waals surface area contributed by atoms with E-state index < -0.39 is 0 Å². The minimum absolute atomic E-state index is 0.0211. The van der Waals surface area contributed by atoms with E-state index in [0.717, 1.165) is 36.4 Å². The van der Waals surface area contributed by atoms with E-state index in [1.807, 2.05) is 48.2 Å². The van der Waals surface area contributed by atoms with Crippen molar-refractivity contribution in [2.75, 3.05) is 18.1 Å². The standard InChI is InChI=1S/C20H21ClN2O2/c1-2-25-17-11-5-14(6-12-17)19-22-13-3-4-18(22)20(24)23(19)16-9-7-15(21)8-10-16/h5-12,18-19H,2-4,13H2,1H3. The van der Waals surface area contributed by atoms with Crippen molar-refractivity contribution in [2.45, 2.75) is 32.0 Å². The van der Waals surface area contributed by atoms with Gasteiger partial charge in [-0.1, -0.05) is 23.7 Å². The van der Waals surface area contributed by atoms with Gasteiger partial charge in [0.25, 0.3) is 0 Å². The maximum absolute atomic E-state index is 13.1. The number of hydrogen-bond acceptors (Lipinski definition) is 3. The molecule has 0 aliphatic carbocycles. The average Bonchev–Trinajstić information content (AvgIpc) is 3.19. The molecule has 2 atom stereocenters. The third-order valence-electron chi connectivity index (χ3n) is 4.97. The summed E-state index contributed by atoms with van der Waals surface area (Å²) in [5.41, 5.74) is 2.00. The van der Waals surface area contributed by atoms with Gasteiger partial charge in [0.05, 0.1) is 12.6 Å². The molecule has 4 nitrogen and oxygen atoms in total. The van der Waals surface area contributed by atoms with Gasteiger partial charge in [0.15, 0.2) is 0 Å². The maximum Gasteiger partial charge on any atom is 0.246 e. The van der Waals surface area contributed by atoms with E-state index in [9.17, 15) is 4.79 Å². The lowest BCUT2D eigenvalue weighted by Crippen LogP contribution is -2.32. The highest BCUT2D eigenvalue weighted by Gasteiger charge is 2.49. The largest absolute Gasteiger partial charge is 0.494 e. The van der Waals surface area contributed by atoms with Crippen LogP contribution in [0.1, 0.15) is 31.5 Å². The summed E-state index contributed by atoms with van der Waals surface area (Å²) in [6.07, 6.45) is 1.92. The molecule has 0 bridgehead atoms. The van der Waals surface area contributed by atoms with E-state index in [4.69, 9.17) is 16.3 Å². The molecule has 0 N–H and O–H groups in total. The van der Waals surface area contributed by atoms with Gasteiger partial charge in [0.1, 0.15) is 11.9 Å². The molecule has 2 heterocycles. The summed E-state index contributed by atoms with van der Waals surface area (Å²) in [6, 6.07) is 15.6. The van der Waals surface area contributed by atoms with Gasteiger partial charge < -0.3 is 4.74 Å². The molecule has 1 amide bonds. The van der Waals surface area contributed by atoms with Crippen LogP contribution < -0.4 is 9.64 Å². The minimum Gasteiger partial charge on any atom is -0.494 e. The highest BCUT2D eigenvalue weighted by Crippen LogP contribution is 2.42. The maximum atomic E-state index is 13.1. The number of carbonyl (C=O) groups is 1. The van der Waals surface area contributed by atoms with Crippen LogP contribution in [0, 0.1) is 0 Å². The summed E-state index contributed by atoms with van der Waals surface area (Å²) >= 11 is 6.02. The Bertz CT molecular complexity index is 760. The number of hydrogen-bond donors (Lipinski definition) is 0. The monoisotopic (exact) mass is 356 g/mol. The van der Waals surface area contributed by atoms with Gasteiger partial charge in [-0.2, -0.15) is 0 Å². The van der Waals surface area contributed by atoms with E-state index >= 15 is 0 Å². The van der Waals surface area contributed by atoms with Gasteiger partial charge >= 0.3 is 0 Å². The van der Waals surface area contributed by atoms with Crippen LogP contribution in [0.3, 0.4) is 0 Å². The fraction of sp³-hybridized carbons (Fsp3) is 0.350. The number of benzene rings is 2. The van der Waals surface area contributed by atoms with Crippen LogP contribution in [-0.2, 0) is 4.79 Å². The number of ether oxygens (including phenoxy) is 1. The van der Waals surface area contributed by atoms with Gasteiger partial charge in [-0.15, -0.1) is 0 Å².